The van der Waals surface area contributed by atoms with Crippen molar-refractivity contribution in [3.8, 4) is 17.2 Å². The van der Waals surface area contributed by atoms with Gasteiger partial charge in [0.2, 0.25) is 5.89 Å². The maximum Gasteiger partial charge on any atom is 0.271 e. The molecule has 122 valence electrons. The van der Waals surface area contributed by atoms with E-state index in [0.29, 0.717) is 16.5 Å². The molecule has 3 rings (SSSR count). The minimum absolute atomic E-state index is 0.0227. The summed E-state index contributed by atoms with van der Waals surface area (Å²) in [6.07, 6.45) is 0. The zero-order valence-electron chi connectivity index (χ0n) is 12.0. The highest BCUT2D eigenvalue weighted by molar-refractivity contribution is 6.32. The van der Waals surface area contributed by atoms with Crippen molar-refractivity contribution in [2.45, 2.75) is 6.61 Å². The maximum atomic E-state index is 10.7. The Balaban J connectivity index is 1.71. The lowest BCUT2D eigenvalue weighted by Gasteiger charge is -2.05. The van der Waals surface area contributed by atoms with Crippen LogP contribution in [0.3, 0.4) is 0 Å². The van der Waals surface area contributed by atoms with Crippen molar-refractivity contribution in [1.82, 2.24) is 10.2 Å². The Kier molecular flexibility index (Phi) is 4.64. The lowest BCUT2D eigenvalue weighted by atomic mass is 10.2. The molecule has 24 heavy (non-hydrogen) atoms. The van der Waals surface area contributed by atoms with Crippen molar-refractivity contribution in [3.05, 3.63) is 68.5 Å². The van der Waals surface area contributed by atoms with Crippen molar-refractivity contribution in [1.29, 1.82) is 0 Å². The van der Waals surface area contributed by atoms with Crippen molar-refractivity contribution >= 4 is 28.9 Å². The molecule has 0 aliphatic rings. The van der Waals surface area contributed by atoms with E-state index in [1.165, 1.54) is 18.2 Å². The molecule has 1 heterocycles. The van der Waals surface area contributed by atoms with E-state index in [-0.39, 0.29) is 29.0 Å². The molecule has 0 saturated carbocycles. The molecule has 0 unspecified atom stereocenters. The lowest BCUT2D eigenvalue weighted by Crippen LogP contribution is -1.97. The molecule has 0 aliphatic carbocycles. The molecule has 3 aromatic rings. The Hall–Kier alpha value is -2.64. The predicted octanol–water partition coefficient (Wildman–Crippen LogP) is 4.53. The number of nitro benzene ring substituents is 1. The van der Waals surface area contributed by atoms with Crippen LogP contribution in [-0.2, 0) is 6.61 Å². The van der Waals surface area contributed by atoms with Crippen LogP contribution in [0.15, 0.2) is 46.9 Å². The molecule has 0 amide bonds. The lowest BCUT2D eigenvalue weighted by molar-refractivity contribution is -0.384. The van der Waals surface area contributed by atoms with Crippen LogP contribution in [0.5, 0.6) is 5.75 Å². The molecule has 0 N–H and O–H groups in total. The maximum absolute atomic E-state index is 10.7. The van der Waals surface area contributed by atoms with E-state index in [0.717, 1.165) is 0 Å². The zero-order chi connectivity index (χ0) is 17.1. The molecule has 7 nitrogen and oxygen atoms in total. The fraction of sp³-hybridized carbons (Fsp3) is 0.0667. The number of nitrogens with zero attached hydrogens (tertiary/aromatic N) is 3. The molecular weight excluding hydrogens is 357 g/mol. The van der Waals surface area contributed by atoms with Crippen LogP contribution >= 0.6 is 23.2 Å². The summed E-state index contributed by atoms with van der Waals surface area (Å²) in [6.45, 7) is -0.0227. The van der Waals surface area contributed by atoms with E-state index in [1.54, 1.807) is 24.3 Å². The summed E-state index contributed by atoms with van der Waals surface area (Å²) in [4.78, 5) is 10.1. The predicted molar refractivity (Wildman–Crippen MR) is 87.2 cm³/mol. The monoisotopic (exact) mass is 365 g/mol. The Bertz CT molecular complexity index is 898. The van der Waals surface area contributed by atoms with E-state index in [4.69, 9.17) is 32.4 Å². The first-order chi connectivity index (χ1) is 11.5. The van der Waals surface area contributed by atoms with Crippen molar-refractivity contribution in [2.75, 3.05) is 0 Å². The van der Waals surface area contributed by atoms with E-state index >= 15 is 0 Å². The fourth-order valence-corrected chi connectivity index (χ4v) is 2.33. The molecule has 2 aromatic carbocycles. The van der Waals surface area contributed by atoms with E-state index in [2.05, 4.69) is 10.2 Å². The average Bonchev–Trinajstić information content (AvgIpc) is 3.02. The highest BCUT2D eigenvalue weighted by atomic mass is 35.5. The van der Waals surface area contributed by atoms with Gasteiger partial charge < -0.3 is 9.15 Å². The summed E-state index contributed by atoms with van der Waals surface area (Å²) in [5.74, 6) is 0.829. The van der Waals surface area contributed by atoms with Gasteiger partial charge in [0.25, 0.3) is 11.6 Å². The zero-order valence-corrected chi connectivity index (χ0v) is 13.5. The number of hydrogen-bond donors (Lipinski definition) is 0. The van der Waals surface area contributed by atoms with Crippen molar-refractivity contribution in [3.63, 3.8) is 0 Å². The van der Waals surface area contributed by atoms with Gasteiger partial charge in [-0.15, -0.1) is 10.2 Å². The number of hydrogen-bond acceptors (Lipinski definition) is 6. The molecule has 0 spiro atoms. The quantitative estimate of drug-likeness (QED) is 0.487. The Labute approximate surface area is 145 Å². The van der Waals surface area contributed by atoms with Gasteiger partial charge in [0.1, 0.15) is 5.75 Å². The second kappa shape index (κ2) is 6.86. The Morgan fingerprint density at radius 1 is 1.17 bits per heavy atom. The van der Waals surface area contributed by atoms with Crippen LogP contribution in [0.25, 0.3) is 11.5 Å². The number of aromatic nitrogens is 2. The second-order valence-electron chi connectivity index (χ2n) is 4.67. The third-order valence-electron chi connectivity index (χ3n) is 3.02. The molecule has 9 heteroatoms. The number of nitro groups is 1. The van der Waals surface area contributed by atoms with Gasteiger partial charge in [-0.3, -0.25) is 10.1 Å². The van der Waals surface area contributed by atoms with Gasteiger partial charge in [-0.2, -0.15) is 0 Å². The van der Waals surface area contributed by atoms with Crippen molar-refractivity contribution in [2.24, 2.45) is 0 Å². The van der Waals surface area contributed by atoms with Crippen LogP contribution in [-0.4, -0.2) is 15.1 Å². The molecule has 0 saturated heterocycles. The average molecular weight is 366 g/mol. The minimum atomic E-state index is -0.537. The first-order valence-electron chi connectivity index (χ1n) is 6.68. The topological polar surface area (TPSA) is 91.3 Å². The van der Waals surface area contributed by atoms with Gasteiger partial charge in [0.15, 0.2) is 6.61 Å². The summed E-state index contributed by atoms with van der Waals surface area (Å²) < 4.78 is 10.9. The number of rotatable bonds is 5. The summed E-state index contributed by atoms with van der Waals surface area (Å²) in [7, 11) is 0. The molecule has 0 atom stereocenters. The van der Waals surface area contributed by atoms with Gasteiger partial charge in [-0.1, -0.05) is 29.3 Å². The third kappa shape index (κ3) is 3.64. The van der Waals surface area contributed by atoms with Crippen LogP contribution in [0.1, 0.15) is 5.89 Å². The molecule has 0 aliphatic heterocycles. The van der Waals surface area contributed by atoms with Crippen LogP contribution < -0.4 is 4.74 Å². The third-order valence-corrected chi connectivity index (χ3v) is 3.55. The van der Waals surface area contributed by atoms with Gasteiger partial charge in [-0.25, -0.2) is 0 Å². The fourth-order valence-electron chi connectivity index (χ4n) is 1.91. The highest BCUT2D eigenvalue weighted by Gasteiger charge is 2.13. The SMILES string of the molecule is O=[N+]([O-])c1ccc(OCc2nnc(-c3cccc(Cl)c3)o2)c(Cl)c1. The van der Waals surface area contributed by atoms with Gasteiger partial charge in [0, 0.05) is 22.7 Å². The molecular formula is C15H9Cl2N3O4. The first-order valence-corrected chi connectivity index (χ1v) is 7.43. The standard InChI is InChI=1S/C15H9Cl2N3O4/c16-10-3-1-2-9(6-10)15-19-18-14(24-15)8-23-13-5-4-11(20(21)22)7-12(13)17/h1-7H,8H2. The number of benzene rings is 2. The molecule has 0 radical (unpaired) electrons. The Morgan fingerprint density at radius 2 is 2.00 bits per heavy atom. The van der Waals surface area contributed by atoms with E-state index in [1.807, 2.05) is 0 Å². The van der Waals surface area contributed by atoms with Crippen LogP contribution in [0.4, 0.5) is 5.69 Å². The van der Waals surface area contributed by atoms with E-state index < -0.39 is 4.92 Å². The molecule has 0 fully saturated rings. The normalized spacial score (nSPS) is 10.6. The number of non-ortho nitro benzene ring substituents is 1. The molecule has 1 aromatic heterocycles. The van der Waals surface area contributed by atoms with Gasteiger partial charge in [0.05, 0.1) is 9.95 Å². The smallest absolute Gasteiger partial charge is 0.271 e. The molecule has 0 bridgehead atoms. The summed E-state index contributed by atoms with van der Waals surface area (Å²) in [5, 5.41) is 19.1. The second-order valence-corrected chi connectivity index (χ2v) is 5.52. The van der Waals surface area contributed by atoms with E-state index in [9.17, 15) is 10.1 Å². The summed E-state index contributed by atoms with van der Waals surface area (Å²) >= 11 is 11.9. The highest BCUT2D eigenvalue weighted by Crippen LogP contribution is 2.29. The minimum Gasteiger partial charge on any atom is -0.482 e. The largest absolute Gasteiger partial charge is 0.482 e. The Morgan fingerprint density at radius 3 is 2.71 bits per heavy atom. The first kappa shape index (κ1) is 16.2. The number of ether oxygens (including phenoxy) is 1. The summed E-state index contributed by atoms with van der Waals surface area (Å²) in [5.41, 5.74) is 0.572. The summed E-state index contributed by atoms with van der Waals surface area (Å²) in [6, 6.07) is 10.9. The number of halogens is 2. The van der Waals surface area contributed by atoms with Crippen molar-refractivity contribution < 1.29 is 14.1 Å². The van der Waals surface area contributed by atoms with Gasteiger partial charge in [-0.05, 0) is 24.3 Å². The van der Waals surface area contributed by atoms with Gasteiger partial charge >= 0.3 is 0 Å². The van der Waals surface area contributed by atoms with Crippen LogP contribution in [0, 0.1) is 10.1 Å². The van der Waals surface area contributed by atoms with Crippen LogP contribution in [0.2, 0.25) is 10.0 Å².